The lowest BCUT2D eigenvalue weighted by Crippen LogP contribution is -2.17. The standard InChI is InChI=1S/C15H12F2N2O/c16-10-5-6-14(12(17)9-10)19-18-13-7-8-20-15-4-2-1-3-11(13)15/h1-6,9,19H,7-8H2. The Morgan fingerprint density at radius 2 is 1.95 bits per heavy atom. The summed E-state index contributed by atoms with van der Waals surface area (Å²) < 4.78 is 31.8. The van der Waals surface area contributed by atoms with Crippen molar-refractivity contribution in [2.45, 2.75) is 6.42 Å². The number of hydrogen-bond acceptors (Lipinski definition) is 3. The lowest BCUT2D eigenvalue weighted by molar-refractivity contribution is 0.320. The SMILES string of the molecule is Fc1ccc(NN=C2CCOc3ccccc32)c(F)c1. The topological polar surface area (TPSA) is 33.6 Å². The molecule has 0 saturated carbocycles. The average Bonchev–Trinajstić information content (AvgIpc) is 2.46. The van der Waals surface area contributed by atoms with E-state index in [1.54, 1.807) is 0 Å². The second-order valence-electron chi connectivity index (χ2n) is 4.39. The summed E-state index contributed by atoms with van der Waals surface area (Å²) in [6.07, 6.45) is 0.632. The first-order chi connectivity index (χ1) is 9.74. The van der Waals surface area contributed by atoms with Gasteiger partial charge < -0.3 is 4.74 Å². The van der Waals surface area contributed by atoms with Gasteiger partial charge in [-0.1, -0.05) is 12.1 Å². The Morgan fingerprint density at radius 1 is 1.10 bits per heavy atom. The number of nitrogens with zero attached hydrogens (tertiary/aromatic N) is 1. The summed E-state index contributed by atoms with van der Waals surface area (Å²) in [6.45, 7) is 0.531. The molecule has 0 aromatic heterocycles. The van der Waals surface area contributed by atoms with Crippen LogP contribution in [0.1, 0.15) is 12.0 Å². The maximum Gasteiger partial charge on any atom is 0.151 e. The van der Waals surface area contributed by atoms with Crippen molar-refractivity contribution in [3.63, 3.8) is 0 Å². The number of ether oxygens (including phenoxy) is 1. The van der Waals surface area contributed by atoms with Gasteiger partial charge in [-0.3, -0.25) is 5.43 Å². The lowest BCUT2D eigenvalue weighted by atomic mass is 10.0. The Morgan fingerprint density at radius 3 is 2.80 bits per heavy atom. The van der Waals surface area contributed by atoms with Crippen LogP contribution in [0.15, 0.2) is 47.6 Å². The molecule has 0 unspecified atom stereocenters. The summed E-state index contributed by atoms with van der Waals surface area (Å²) in [5.41, 5.74) is 4.45. The van der Waals surface area contributed by atoms with Crippen LogP contribution in [-0.4, -0.2) is 12.3 Å². The third-order valence-electron chi connectivity index (χ3n) is 3.04. The third-order valence-corrected chi connectivity index (χ3v) is 3.04. The molecule has 1 heterocycles. The van der Waals surface area contributed by atoms with Crippen molar-refractivity contribution in [3.05, 3.63) is 59.7 Å². The Balaban J connectivity index is 1.87. The minimum absolute atomic E-state index is 0.142. The quantitative estimate of drug-likeness (QED) is 0.849. The minimum Gasteiger partial charge on any atom is -0.492 e. The average molecular weight is 274 g/mol. The highest BCUT2D eigenvalue weighted by Crippen LogP contribution is 2.25. The van der Waals surface area contributed by atoms with Gasteiger partial charge in [0, 0.05) is 18.1 Å². The Bertz CT molecular complexity index is 671. The van der Waals surface area contributed by atoms with E-state index < -0.39 is 11.6 Å². The zero-order chi connectivity index (χ0) is 13.9. The molecule has 102 valence electrons. The number of halogens is 2. The lowest BCUT2D eigenvalue weighted by Gasteiger charge is -2.18. The summed E-state index contributed by atoms with van der Waals surface area (Å²) >= 11 is 0. The van der Waals surface area contributed by atoms with E-state index in [1.807, 2.05) is 24.3 Å². The van der Waals surface area contributed by atoms with Gasteiger partial charge in [0.2, 0.25) is 0 Å². The number of benzene rings is 2. The maximum atomic E-state index is 13.5. The normalized spacial score (nSPS) is 15.6. The summed E-state index contributed by atoms with van der Waals surface area (Å²) in [4.78, 5) is 0. The van der Waals surface area contributed by atoms with Gasteiger partial charge in [0.15, 0.2) is 5.82 Å². The highest BCUT2D eigenvalue weighted by molar-refractivity contribution is 6.04. The summed E-state index contributed by atoms with van der Waals surface area (Å²) in [5.74, 6) is -0.523. The summed E-state index contributed by atoms with van der Waals surface area (Å²) in [7, 11) is 0. The van der Waals surface area contributed by atoms with Gasteiger partial charge in [0.05, 0.1) is 18.0 Å². The molecule has 0 radical (unpaired) electrons. The van der Waals surface area contributed by atoms with Crippen molar-refractivity contribution in [2.24, 2.45) is 5.10 Å². The van der Waals surface area contributed by atoms with Gasteiger partial charge in [0.1, 0.15) is 11.6 Å². The fourth-order valence-corrected chi connectivity index (χ4v) is 2.05. The molecule has 0 amide bonds. The zero-order valence-corrected chi connectivity index (χ0v) is 10.6. The van der Waals surface area contributed by atoms with E-state index in [-0.39, 0.29) is 5.69 Å². The number of nitrogens with one attached hydrogen (secondary N) is 1. The van der Waals surface area contributed by atoms with Crippen LogP contribution in [-0.2, 0) is 0 Å². The van der Waals surface area contributed by atoms with Crippen LogP contribution in [0.3, 0.4) is 0 Å². The summed E-state index contributed by atoms with van der Waals surface area (Å²) in [5, 5.41) is 4.21. The van der Waals surface area contributed by atoms with Crippen molar-refractivity contribution in [1.29, 1.82) is 0 Å². The number of anilines is 1. The fourth-order valence-electron chi connectivity index (χ4n) is 2.05. The molecule has 1 aliphatic heterocycles. The van der Waals surface area contributed by atoms with E-state index in [0.717, 1.165) is 23.1 Å². The first kappa shape index (κ1) is 12.6. The molecule has 3 nitrogen and oxygen atoms in total. The van der Waals surface area contributed by atoms with E-state index in [1.165, 1.54) is 12.1 Å². The second kappa shape index (κ2) is 5.28. The largest absolute Gasteiger partial charge is 0.492 e. The van der Waals surface area contributed by atoms with Crippen molar-refractivity contribution < 1.29 is 13.5 Å². The number of hydrogen-bond donors (Lipinski definition) is 1. The number of rotatable bonds is 2. The molecule has 3 rings (SSSR count). The van der Waals surface area contributed by atoms with Crippen molar-refractivity contribution in [1.82, 2.24) is 0 Å². The fraction of sp³-hybridized carbons (Fsp3) is 0.133. The first-order valence-corrected chi connectivity index (χ1v) is 6.24. The first-order valence-electron chi connectivity index (χ1n) is 6.24. The summed E-state index contributed by atoms with van der Waals surface area (Å²) in [6, 6.07) is 10.9. The number of para-hydroxylation sites is 1. The van der Waals surface area contributed by atoms with Crippen LogP contribution in [0, 0.1) is 11.6 Å². The predicted molar refractivity (Wildman–Crippen MR) is 73.1 cm³/mol. The van der Waals surface area contributed by atoms with E-state index in [9.17, 15) is 8.78 Å². The predicted octanol–water partition coefficient (Wildman–Crippen LogP) is 3.56. The molecule has 0 saturated heterocycles. The minimum atomic E-state index is -0.672. The van der Waals surface area contributed by atoms with Crippen LogP contribution >= 0.6 is 0 Å². The Labute approximate surface area is 114 Å². The van der Waals surface area contributed by atoms with Crippen LogP contribution in [0.4, 0.5) is 14.5 Å². The molecule has 0 atom stereocenters. The molecule has 1 N–H and O–H groups in total. The third kappa shape index (κ3) is 2.47. The van der Waals surface area contributed by atoms with Gasteiger partial charge in [-0.05, 0) is 24.3 Å². The Kier molecular flexibility index (Phi) is 3.33. The van der Waals surface area contributed by atoms with E-state index in [4.69, 9.17) is 4.74 Å². The van der Waals surface area contributed by atoms with Crippen molar-refractivity contribution in [2.75, 3.05) is 12.0 Å². The van der Waals surface area contributed by atoms with Crippen molar-refractivity contribution in [3.8, 4) is 5.75 Å². The molecule has 1 aliphatic rings. The number of hydrazone groups is 1. The molecule has 0 aliphatic carbocycles. The van der Waals surface area contributed by atoms with Gasteiger partial charge in [-0.2, -0.15) is 5.10 Å². The second-order valence-corrected chi connectivity index (χ2v) is 4.39. The van der Waals surface area contributed by atoms with Gasteiger partial charge in [-0.25, -0.2) is 8.78 Å². The molecular weight excluding hydrogens is 262 g/mol. The molecule has 5 heteroatoms. The molecule has 0 bridgehead atoms. The smallest absolute Gasteiger partial charge is 0.151 e. The maximum absolute atomic E-state index is 13.5. The van der Waals surface area contributed by atoms with Gasteiger partial charge in [0.25, 0.3) is 0 Å². The Hall–Kier alpha value is -2.43. The van der Waals surface area contributed by atoms with Crippen LogP contribution in [0.25, 0.3) is 0 Å². The number of fused-ring (bicyclic) bond motifs is 1. The van der Waals surface area contributed by atoms with Crippen LogP contribution < -0.4 is 10.2 Å². The van der Waals surface area contributed by atoms with Crippen molar-refractivity contribution >= 4 is 11.4 Å². The van der Waals surface area contributed by atoms with Crippen LogP contribution in [0.2, 0.25) is 0 Å². The zero-order valence-electron chi connectivity index (χ0n) is 10.6. The molecule has 2 aromatic carbocycles. The van der Waals surface area contributed by atoms with Crippen LogP contribution in [0.5, 0.6) is 5.75 Å². The molecule has 2 aromatic rings. The molecule has 0 spiro atoms. The van der Waals surface area contributed by atoms with E-state index >= 15 is 0 Å². The highest BCUT2D eigenvalue weighted by atomic mass is 19.1. The van der Waals surface area contributed by atoms with E-state index in [2.05, 4.69) is 10.5 Å². The monoisotopic (exact) mass is 274 g/mol. The van der Waals surface area contributed by atoms with E-state index in [0.29, 0.717) is 13.0 Å². The molecule has 0 fully saturated rings. The van der Waals surface area contributed by atoms with Gasteiger partial charge >= 0.3 is 0 Å². The van der Waals surface area contributed by atoms with Gasteiger partial charge in [-0.15, -0.1) is 0 Å². The highest BCUT2D eigenvalue weighted by Gasteiger charge is 2.16. The molecular formula is C15H12F2N2O. The molecule has 20 heavy (non-hydrogen) atoms.